The minimum absolute atomic E-state index is 0.272. The highest BCUT2D eigenvalue weighted by atomic mass is 15.3. The van der Waals surface area contributed by atoms with Crippen LogP contribution in [0.15, 0.2) is 0 Å². The standard InChI is InChI=1S/C16H33N3/c1-14-12-18(4)10-11-19(14)16(13-17)7-5-6-15(2,3)8-9-16/h14H,5-13,17H2,1-4H3. The summed E-state index contributed by atoms with van der Waals surface area (Å²) >= 11 is 0. The van der Waals surface area contributed by atoms with E-state index in [1.165, 1.54) is 51.7 Å². The van der Waals surface area contributed by atoms with E-state index in [0.29, 0.717) is 11.5 Å². The number of rotatable bonds is 2. The Bertz CT molecular complexity index is 302. The van der Waals surface area contributed by atoms with Gasteiger partial charge < -0.3 is 10.6 Å². The van der Waals surface area contributed by atoms with Crippen LogP contribution >= 0.6 is 0 Å². The van der Waals surface area contributed by atoms with Crippen molar-refractivity contribution in [1.29, 1.82) is 0 Å². The monoisotopic (exact) mass is 267 g/mol. The molecule has 1 saturated carbocycles. The predicted octanol–water partition coefficient (Wildman–Crippen LogP) is 2.31. The summed E-state index contributed by atoms with van der Waals surface area (Å²) < 4.78 is 0. The van der Waals surface area contributed by atoms with Gasteiger partial charge in [-0.25, -0.2) is 0 Å². The summed E-state index contributed by atoms with van der Waals surface area (Å²) in [5, 5.41) is 0. The molecule has 2 N–H and O–H groups in total. The Morgan fingerprint density at radius 2 is 1.84 bits per heavy atom. The zero-order chi connectivity index (χ0) is 14.1. The van der Waals surface area contributed by atoms with Crippen molar-refractivity contribution in [2.75, 3.05) is 33.2 Å². The summed E-state index contributed by atoms with van der Waals surface area (Å²) in [5.41, 5.74) is 7.05. The minimum Gasteiger partial charge on any atom is -0.329 e. The molecule has 0 radical (unpaired) electrons. The molecule has 19 heavy (non-hydrogen) atoms. The highest BCUT2D eigenvalue weighted by Crippen LogP contribution is 2.41. The van der Waals surface area contributed by atoms with E-state index in [1.54, 1.807) is 0 Å². The summed E-state index contributed by atoms with van der Waals surface area (Å²) in [6.45, 7) is 11.6. The van der Waals surface area contributed by atoms with Crippen LogP contribution in [-0.4, -0.2) is 54.6 Å². The van der Waals surface area contributed by atoms with Gasteiger partial charge in [0, 0.05) is 37.8 Å². The van der Waals surface area contributed by atoms with Crippen LogP contribution in [0.2, 0.25) is 0 Å². The fourth-order valence-electron chi connectivity index (χ4n) is 4.17. The van der Waals surface area contributed by atoms with Gasteiger partial charge in [0.15, 0.2) is 0 Å². The lowest BCUT2D eigenvalue weighted by molar-refractivity contribution is -0.00700. The van der Waals surface area contributed by atoms with Crippen molar-refractivity contribution in [3.8, 4) is 0 Å². The first-order valence-corrected chi connectivity index (χ1v) is 8.04. The van der Waals surface area contributed by atoms with Crippen LogP contribution in [0, 0.1) is 5.41 Å². The molecule has 112 valence electrons. The molecule has 0 aromatic rings. The number of nitrogens with two attached hydrogens (primary N) is 1. The number of nitrogens with zero attached hydrogens (tertiary/aromatic N) is 2. The maximum absolute atomic E-state index is 6.27. The molecule has 0 spiro atoms. The Kier molecular flexibility index (Phi) is 4.59. The lowest BCUT2D eigenvalue weighted by Crippen LogP contribution is -2.63. The van der Waals surface area contributed by atoms with Crippen LogP contribution in [0.25, 0.3) is 0 Å². The van der Waals surface area contributed by atoms with Crippen molar-refractivity contribution < 1.29 is 0 Å². The molecule has 2 fully saturated rings. The van der Waals surface area contributed by atoms with Crippen molar-refractivity contribution in [3.63, 3.8) is 0 Å². The third-order valence-corrected chi connectivity index (χ3v) is 5.58. The van der Waals surface area contributed by atoms with Gasteiger partial charge in [-0.15, -0.1) is 0 Å². The highest BCUT2D eigenvalue weighted by molar-refractivity contribution is 4.99. The van der Waals surface area contributed by atoms with Crippen LogP contribution in [0.4, 0.5) is 0 Å². The Morgan fingerprint density at radius 1 is 1.11 bits per heavy atom. The molecule has 1 heterocycles. The second-order valence-corrected chi connectivity index (χ2v) is 7.75. The molecule has 0 amide bonds. The van der Waals surface area contributed by atoms with Gasteiger partial charge in [0.2, 0.25) is 0 Å². The predicted molar refractivity (Wildman–Crippen MR) is 82.3 cm³/mol. The van der Waals surface area contributed by atoms with Gasteiger partial charge in [-0.05, 0) is 45.1 Å². The van der Waals surface area contributed by atoms with Crippen molar-refractivity contribution in [3.05, 3.63) is 0 Å². The second-order valence-electron chi connectivity index (χ2n) is 7.75. The molecule has 1 aliphatic heterocycles. The number of piperazine rings is 1. The average molecular weight is 267 g/mol. The van der Waals surface area contributed by atoms with Crippen LogP contribution in [-0.2, 0) is 0 Å². The van der Waals surface area contributed by atoms with E-state index in [2.05, 4.69) is 37.6 Å². The van der Waals surface area contributed by atoms with E-state index in [9.17, 15) is 0 Å². The van der Waals surface area contributed by atoms with Crippen LogP contribution < -0.4 is 5.73 Å². The fourth-order valence-corrected chi connectivity index (χ4v) is 4.17. The van der Waals surface area contributed by atoms with Crippen molar-refractivity contribution in [2.24, 2.45) is 11.1 Å². The molecule has 2 aliphatic rings. The first kappa shape index (κ1) is 15.3. The van der Waals surface area contributed by atoms with Crippen molar-refractivity contribution >= 4 is 0 Å². The lowest BCUT2D eigenvalue weighted by Gasteiger charge is -2.50. The summed E-state index contributed by atoms with van der Waals surface area (Å²) in [6, 6.07) is 0.642. The molecule has 1 aliphatic carbocycles. The minimum atomic E-state index is 0.272. The second kappa shape index (κ2) is 5.71. The molecular weight excluding hydrogens is 234 g/mol. The lowest BCUT2D eigenvalue weighted by atomic mass is 9.82. The fraction of sp³-hybridized carbons (Fsp3) is 1.00. The first-order valence-electron chi connectivity index (χ1n) is 8.04. The number of hydrogen-bond acceptors (Lipinski definition) is 3. The van der Waals surface area contributed by atoms with E-state index in [4.69, 9.17) is 5.73 Å². The molecule has 2 rings (SSSR count). The van der Waals surface area contributed by atoms with E-state index in [-0.39, 0.29) is 5.54 Å². The Morgan fingerprint density at radius 3 is 2.47 bits per heavy atom. The van der Waals surface area contributed by atoms with Gasteiger partial charge in [-0.1, -0.05) is 20.3 Å². The van der Waals surface area contributed by atoms with Crippen molar-refractivity contribution in [1.82, 2.24) is 9.80 Å². The molecule has 3 nitrogen and oxygen atoms in total. The summed E-state index contributed by atoms with van der Waals surface area (Å²) in [6.07, 6.45) is 6.59. The van der Waals surface area contributed by atoms with Gasteiger partial charge in [0.1, 0.15) is 0 Å². The molecule has 2 atom stereocenters. The topological polar surface area (TPSA) is 32.5 Å². The molecular formula is C16H33N3. The largest absolute Gasteiger partial charge is 0.329 e. The molecule has 2 unspecified atom stereocenters. The first-order chi connectivity index (χ1) is 8.88. The van der Waals surface area contributed by atoms with Crippen LogP contribution in [0.5, 0.6) is 0 Å². The Labute approximate surface area is 119 Å². The number of likely N-dealkylation sites (N-methyl/N-ethyl adjacent to an activating group) is 1. The quantitative estimate of drug-likeness (QED) is 0.779. The van der Waals surface area contributed by atoms with E-state index in [1.807, 2.05) is 0 Å². The van der Waals surface area contributed by atoms with Crippen molar-refractivity contribution in [2.45, 2.75) is 64.5 Å². The van der Waals surface area contributed by atoms with E-state index < -0.39 is 0 Å². The zero-order valence-electron chi connectivity index (χ0n) is 13.4. The SMILES string of the molecule is CC1CN(C)CCN1C1(CN)CCCC(C)(C)CC1. The smallest absolute Gasteiger partial charge is 0.0335 e. The molecule has 3 heteroatoms. The third kappa shape index (κ3) is 3.32. The number of hydrogen-bond donors (Lipinski definition) is 1. The van der Waals surface area contributed by atoms with Crippen LogP contribution in [0.3, 0.4) is 0 Å². The molecule has 1 saturated heterocycles. The highest BCUT2D eigenvalue weighted by Gasteiger charge is 2.42. The van der Waals surface area contributed by atoms with Crippen LogP contribution in [0.1, 0.15) is 52.9 Å². The average Bonchev–Trinajstić information content (AvgIpc) is 2.49. The maximum atomic E-state index is 6.27. The van der Waals surface area contributed by atoms with Gasteiger partial charge in [-0.2, -0.15) is 0 Å². The molecule has 0 bridgehead atoms. The maximum Gasteiger partial charge on any atom is 0.0335 e. The van der Waals surface area contributed by atoms with Gasteiger partial charge in [-0.3, -0.25) is 4.90 Å². The van der Waals surface area contributed by atoms with Gasteiger partial charge >= 0.3 is 0 Å². The Hall–Kier alpha value is -0.120. The molecule has 0 aromatic carbocycles. The van der Waals surface area contributed by atoms with E-state index in [0.717, 1.165) is 6.54 Å². The summed E-state index contributed by atoms with van der Waals surface area (Å²) in [5.74, 6) is 0. The van der Waals surface area contributed by atoms with Gasteiger partial charge in [0.05, 0.1) is 0 Å². The van der Waals surface area contributed by atoms with E-state index >= 15 is 0 Å². The zero-order valence-corrected chi connectivity index (χ0v) is 13.4. The van der Waals surface area contributed by atoms with Gasteiger partial charge in [0.25, 0.3) is 0 Å². The summed E-state index contributed by atoms with van der Waals surface area (Å²) in [7, 11) is 2.24. The third-order valence-electron chi connectivity index (χ3n) is 5.58. The molecule has 0 aromatic heterocycles. The Balaban J connectivity index is 2.13. The normalized spacial score (nSPS) is 38.1. The summed E-state index contributed by atoms with van der Waals surface area (Å²) in [4.78, 5) is 5.19.